The first-order valence-electron chi connectivity index (χ1n) is 17.4. The van der Waals surface area contributed by atoms with Gasteiger partial charge in [0.15, 0.2) is 17.2 Å². The third-order valence-electron chi connectivity index (χ3n) is 10.3. The molecule has 7 nitrogen and oxygen atoms in total. The smallest absolute Gasteiger partial charge is 0.496 e. The summed E-state index contributed by atoms with van der Waals surface area (Å²) < 4.78 is 51.3. The van der Waals surface area contributed by atoms with Crippen LogP contribution in [0.4, 0.5) is 8.63 Å². The van der Waals surface area contributed by atoms with Crippen molar-refractivity contribution in [3.63, 3.8) is 0 Å². The number of para-hydroxylation sites is 1. The predicted molar refractivity (Wildman–Crippen MR) is 194 cm³/mol. The first-order valence-corrected chi connectivity index (χ1v) is 17.4. The standard InChI is InChI=1S/C41H38BF2N3O4/c1-49-37-12-6-5-10-34(37)33(29-14-19-38-39(25-29)51-27-50-38)21-23-46(26-28-8-3-2-4-9-28)40(48)20-17-31-15-16-32-24-30-13-18-35(36-11-7-22-45-36)41(30)42(43,44)47(31)32/h2-16,18-19,22,24-25,33,41,45H,17,20-21,23,26-27H2,1H3. The summed E-state index contributed by atoms with van der Waals surface area (Å²) in [6, 6.07) is 27.4. The van der Waals surface area contributed by atoms with Crippen LogP contribution in [0.2, 0.25) is 5.82 Å². The van der Waals surface area contributed by atoms with Crippen molar-refractivity contribution in [2.24, 2.45) is 0 Å². The molecule has 8 rings (SSSR count). The highest BCUT2D eigenvalue weighted by molar-refractivity contribution is 6.64. The molecule has 10 heteroatoms. The third kappa shape index (κ3) is 6.20. The fraction of sp³-hybridized carbons (Fsp3) is 0.220. The van der Waals surface area contributed by atoms with Gasteiger partial charge in [-0.3, -0.25) is 4.79 Å². The normalized spacial score (nSPS) is 18.5. The number of hydrogen-bond acceptors (Lipinski definition) is 4. The number of nitrogens with zero attached hydrogens (tertiary/aromatic N) is 2. The zero-order chi connectivity index (χ0) is 35.0. The SMILES string of the molecule is COc1ccccc1C(CCN(Cc1ccccc1)C(=O)CCC1=[N+]2C(=CC3=CC=C(c4ccc[nH]4)C3[B-]2(F)F)C=C1)c1ccc2c(c1)OCO2. The number of carbonyl (C=O) groups is 1. The van der Waals surface area contributed by atoms with Gasteiger partial charge in [0.05, 0.1) is 7.11 Å². The van der Waals surface area contributed by atoms with Gasteiger partial charge < -0.3 is 37.2 Å². The Bertz CT molecular complexity index is 2120. The fourth-order valence-corrected chi connectivity index (χ4v) is 7.85. The Hall–Kier alpha value is -5.64. The molecular weight excluding hydrogens is 647 g/mol. The molecule has 2 atom stereocenters. The van der Waals surface area contributed by atoms with Gasteiger partial charge >= 0.3 is 6.84 Å². The molecule has 3 aromatic carbocycles. The Balaban J connectivity index is 1.05. The maximum absolute atomic E-state index is 16.5. The topological polar surface area (TPSA) is 66.8 Å². The molecule has 4 heterocycles. The number of nitrogens with one attached hydrogen (secondary N) is 1. The number of fused-ring (bicyclic) bond motifs is 3. The molecule has 0 spiro atoms. The predicted octanol–water partition coefficient (Wildman–Crippen LogP) is 8.28. The van der Waals surface area contributed by atoms with Gasteiger partial charge in [0.2, 0.25) is 12.7 Å². The Kier molecular flexibility index (Phi) is 8.67. The van der Waals surface area contributed by atoms with Gasteiger partial charge in [-0.1, -0.05) is 72.3 Å². The van der Waals surface area contributed by atoms with Crippen molar-refractivity contribution in [3.05, 3.63) is 155 Å². The number of rotatable bonds is 12. The Labute approximate surface area is 295 Å². The summed E-state index contributed by atoms with van der Waals surface area (Å²) in [7, 11) is 1.66. The Morgan fingerprint density at radius 3 is 2.65 bits per heavy atom. The first kappa shape index (κ1) is 32.6. The van der Waals surface area contributed by atoms with Crippen LogP contribution in [0.5, 0.6) is 17.2 Å². The second-order valence-electron chi connectivity index (χ2n) is 13.3. The molecule has 258 valence electrons. The van der Waals surface area contributed by atoms with Gasteiger partial charge in [-0.25, -0.2) is 0 Å². The lowest BCUT2D eigenvalue weighted by atomic mass is 9.56. The fourth-order valence-electron chi connectivity index (χ4n) is 7.85. The van der Waals surface area contributed by atoms with Crippen LogP contribution in [-0.4, -0.2) is 53.3 Å². The molecule has 3 aliphatic heterocycles. The van der Waals surface area contributed by atoms with E-state index in [1.807, 2.05) is 95.9 Å². The number of benzene rings is 3. The first-order chi connectivity index (χ1) is 24.9. The summed E-state index contributed by atoms with van der Waals surface area (Å²) in [4.78, 5) is 19.1. The van der Waals surface area contributed by atoms with Crippen molar-refractivity contribution in [3.8, 4) is 17.2 Å². The van der Waals surface area contributed by atoms with E-state index in [1.54, 1.807) is 37.6 Å². The van der Waals surface area contributed by atoms with Gasteiger partial charge in [0.1, 0.15) is 11.5 Å². The molecule has 1 N–H and O–H groups in total. The van der Waals surface area contributed by atoms with Crippen molar-refractivity contribution in [2.75, 3.05) is 20.4 Å². The number of amides is 1. The molecule has 0 radical (unpaired) electrons. The Morgan fingerprint density at radius 1 is 1.00 bits per heavy atom. The number of carbonyl (C=O) groups excluding carboxylic acids is 1. The number of hydrogen-bond donors (Lipinski definition) is 1. The monoisotopic (exact) mass is 685 g/mol. The molecule has 0 saturated carbocycles. The number of halogens is 2. The average molecular weight is 686 g/mol. The number of methoxy groups -OCH3 is 1. The number of allylic oxidation sites excluding steroid dienone is 7. The van der Waals surface area contributed by atoms with Gasteiger partial charge in [0, 0.05) is 73.3 Å². The van der Waals surface area contributed by atoms with E-state index in [0.29, 0.717) is 59.3 Å². The molecule has 4 aliphatic rings. The van der Waals surface area contributed by atoms with E-state index in [4.69, 9.17) is 14.2 Å². The zero-order valence-corrected chi connectivity index (χ0v) is 28.3. The maximum Gasteiger partial charge on any atom is 0.625 e. The highest BCUT2D eigenvalue weighted by Crippen LogP contribution is 2.51. The molecule has 0 saturated heterocycles. The van der Waals surface area contributed by atoms with Crippen molar-refractivity contribution < 1.29 is 32.1 Å². The molecular formula is C41H38BF2N3O4. The molecule has 1 amide bonds. The third-order valence-corrected chi connectivity index (χ3v) is 10.3. The molecule has 2 unspecified atom stereocenters. The van der Waals surface area contributed by atoms with Crippen LogP contribution < -0.4 is 14.2 Å². The van der Waals surface area contributed by atoms with Crippen LogP contribution in [-0.2, 0) is 11.3 Å². The molecule has 4 aromatic rings. The summed E-state index contributed by atoms with van der Waals surface area (Å²) in [5.41, 5.74) is 5.83. The van der Waals surface area contributed by atoms with Gasteiger partial charge in [0.25, 0.3) is 0 Å². The lowest BCUT2D eigenvalue weighted by Crippen LogP contribution is -2.47. The average Bonchev–Trinajstić information content (AvgIpc) is 3.98. The highest BCUT2D eigenvalue weighted by Gasteiger charge is 2.58. The lowest BCUT2D eigenvalue weighted by Gasteiger charge is -2.34. The summed E-state index contributed by atoms with van der Waals surface area (Å²) >= 11 is 0. The second kappa shape index (κ2) is 13.6. The van der Waals surface area contributed by atoms with Crippen LogP contribution in [0.25, 0.3) is 5.57 Å². The van der Waals surface area contributed by atoms with Crippen molar-refractivity contribution in [1.82, 2.24) is 9.88 Å². The van der Waals surface area contributed by atoms with Crippen molar-refractivity contribution in [1.29, 1.82) is 0 Å². The van der Waals surface area contributed by atoms with E-state index in [1.165, 1.54) is 4.49 Å². The highest BCUT2D eigenvalue weighted by atomic mass is 19.2. The van der Waals surface area contributed by atoms with E-state index in [-0.39, 0.29) is 31.5 Å². The quantitative estimate of drug-likeness (QED) is 0.153. The number of ether oxygens (including phenoxy) is 3. The largest absolute Gasteiger partial charge is 0.625 e. The van der Waals surface area contributed by atoms with E-state index >= 15 is 8.63 Å². The minimum absolute atomic E-state index is 0.0945. The number of aromatic nitrogens is 1. The van der Waals surface area contributed by atoms with Crippen LogP contribution in [0.1, 0.15) is 47.6 Å². The van der Waals surface area contributed by atoms with Crippen LogP contribution in [0, 0.1) is 0 Å². The molecule has 0 fully saturated rings. The number of H-pyrrole nitrogens is 1. The molecule has 1 aliphatic carbocycles. The summed E-state index contributed by atoms with van der Waals surface area (Å²) in [6.07, 6.45) is 11.5. The Morgan fingerprint density at radius 2 is 1.82 bits per heavy atom. The van der Waals surface area contributed by atoms with Gasteiger partial charge in [-0.2, -0.15) is 0 Å². The van der Waals surface area contributed by atoms with Crippen molar-refractivity contribution in [2.45, 2.75) is 37.5 Å². The molecule has 0 bridgehead atoms. The van der Waals surface area contributed by atoms with E-state index in [0.717, 1.165) is 22.4 Å². The molecule has 51 heavy (non-hydrogen) atoms. The minimum Gasteiger partial charge on any atom is -0.496 e. The molecule has 1 aromatic heterocycles. The number of aromatic amines is 1. The van der Waals surface area contributed by atoms with Crippen LogP contribution >= 0.6 is 0 Å². The van der Waals surface area contributed by atoms with Gasteiger partial charge in [-0.15, -0.1) is 0 Å². The second-order valence-corrected chi connectivity index (χ2v) is 13.3. The summed E-state index contributed by atoms with van der Waals surface area (Å²) in [6.45, 7) is -3.03. The summed E-state index contributed by atoms with van der Waals surface area (Å²) in [5, 5.41) is 0. The van der Waals surface area contributed by atoms with Crippen molar-refractivity contribution >= 4 is 24.0 Å². The minimum atomic E-state index is -4.04. The van der Waals surface area contributed by atoms with Gasteiger partial charge in [-0.05, 0) is 53.5 Å². The van der Waals surface area contributed by atoms with E-state index in [9.17, 15) is 4.79 Å². The van der Waals surface area contributed by atoms with Crippen LogP contribution in [0.15, 0.2) is 133 Å². The lowest BCUT2D eigenvalue weighted by molar-refractivity contribution is -0.361. The maximum atomic E-state index is 16.5. The van der Waals surface area contributed by atoms with E-state index < -0.39 is 12.7 Å². The van der Waals surface area contributed by atoms with Crippen LogP contribution in [0.3, 0.4) is 0 Å². The van der Waals surface area contributed by atoms with E-state index in [2.05, 4.69) is 4.98 Å². The zero-order valence-electron chi connectivity index (χ0n) is 28.3. The summed E-state index contributed by atoms with van der Waals surface area (Å²) in [5.74, 6) is 0.887.